The SMILES string of the molecule is COc1cncc(-c2cn(C(C)n3ccc(N4CCC[C@@H](N(CC5CCC5)C(=O)OC(C)(C)C)C4)cc3=O)nn2)c1. The summed E-state index contributed by atoms with van der Waals surface area (Å²) >= 11 is 0. The Morgan fingerprint density at radius 1 is 1.17 bits per heavy atom. The van der Waals surface area contributed by atoms with Gasteiger partial charge in [0.25, 0.3) is 5.56 Å². The summed E-state index contributed by atoms with van der Waals surface area (Å²) in [6, 6.07) is 5.52. The number of pyridine rings is 2. The Balaban J connectivity index is 1.30. The van der Waals surface area contributed by atoms with Crippen LogP contribution in [0.3, 0.4) is 0 Å². The van der Waals surface area contributed by atoms with Gasteiger partial charge in [-0.2, -0.15) is 0 Å². The molecule has 0 N–H and O–H groups in total. The maximum atomic E-state index is 13.3. The van der Waals surface area contributed by atoms with Gasteiger partial charge in [0.05, 0.1) is 25.5 Å². The molecule has 0 aromatic carbocycles. The molecule has 2 fully saturated rings. The second-order valence-corrected chi connectivity index (χ2v) is 12.1. The summed E-state index contributed by atoms with van der Waals surface area (Å²) in [5.74, 6) is 1.18. The van der Waals surface area contributed by atoms with Crippen molar-refractivity contribution in [2.45, 2.75) is 77.6 Å². The molecule has 1 unspecified atom stereocenters. The van der Waals surface area contributed by atoms with Crippen LogP contribution in [0.1, 0.15) is 66.0 Å². The Labute approximate surface area is 241 Å². The lowest BCUT2D eigenvalue weighted by atomic mass is 9.84. The smallest absolute Gasteiger partial charge is 0.410 e. The third kappa shape index (κ3) is 6.71. The number of nitrogens with zero attached hydrogens (tertiary/aromatic N) is 7. The van der Waals surface area contributed by atoms with E-state index in [0.717, 1.165) is 50.0 Å². The number of methoxy groups -OCH3 is 1. The van der Waals surface area contributed by atoms with Crippen LogP contribution < -0.4 is 15.2 Å². The summed E-state index contributed by atoms with van der Waals surface area (Å²) in [6.07, 6.45) is 11.7. The molecule has 11 heteroatoms. The van der Waals surface area contributed by atoms with Gasteiger partial charge in [-0.3, -0.25) is 14.3 Å². The molecule has 1 aliphatic carbocycles. The Hall–Kier alpha value is -3.89. The van der Waals surface area contributed by atoms with Gasteiger partial charge in [-0.1, -0.05) is 11.6 Å². The van der Waals surface area contributed by atoms with Crippen LogP contribution in [0.5, 0.6) is 5.75 Å². The lowest BCUT2D eigenvalue weighted by Gasteiger charge is -2.43. The minimum absolute atomic E-state index is 0.0419. The number of piperidine rings is 1. The third-order valence-corrected chi connectivity index (χ3v) is 7.98. The largest absolute Gasteiger partial charge is 0.495 e. The van der Waals surface area contributed by atoms with E-state index in [1.807, 2.05) is 44.7 Å². The maximum Gasteiger partial charge on any atom is 0.410 e. The van der Waals surface area contributed by atoms with Crippen LogP contribution in [0.2, 0.25) is 0 Å². The van der Waals surface area contributed by atoms with Gasteiger partial charge in [0.1, 0.15) is 23.2 Å². The summed E-state index contributed by atoms with van der Waals surface area (Å²) < 4.78 is 14.4. The third-order valence-electron chi connectivity index (χ3n) is 7.98. The van der Waals surface area contributed by atoms with Crippen LogP contribution in [0.15, 0.2) is 47.8 Å². The van der Waals surface area contributed by atoms with E-state index in [4.69, 9.17) is 9.47 Å². The topological polar surface area (TPSA) is 108 Å². The van der Waals surface area contributed by atoms with E-state index in [-0.39, 0.29) is 23.9 Å². The van der Waals surface area contributed by atoms with Crippen LogP contribution in [0.25, 0.3) is 11.3 Å². The fourth-order valence-corrected chi connectivity index (χ4v) is 5.46. The van der Waals surface area contributed by atoms with Crippen molar-refractivity contribution in [1.29, 1.82) is 0 Å². The fourth-order valence-electron chi connectivity index (χ4n) is 5.46. The van der Waals surface area contributed by atoms with E-state index in [2.05, 4.69) is 20.2 Å². The van der Waals surface area contributed by atoms with Crippen LogP contribution in [-0.2, 0) is 4.74 Å². The summed E-state index contributed by atoms with van der Waals surface area (Å²) in [7, 11) is 1.59. The Morgan fingerprint density at radius 3 is 2.66 bits per heavy atom. The zero-order valence-corrected chi connectivity index (χ0v) is 24.7. The Morgan fingerprint density at radius 2 is 1.98 bits per heavy atom. The average Bonchev–Trinajstić information content (AvgIpc) is 3.42. The summed E-state index contributed by atoms with van der Waals surface area (Å²) in [4.78, 5) is 34.9. The molecule has 1 aliphatic heterocycles. The monoisotopic (exact) mass is 563 g/mol. The molecule has 1 saturated heterocycles. The molecule has 5 rings (SSSR count). The normalized spacial score (nSPS) is 18.5. The number of aromatic nitrogens is 5. The zero-order chi connectivity index (χ0) is 29.1. The lowest BCUT2D eigenvalue weighted by molar-refractivity contribution is 0.00736. The van der Waals surface area contributed by atoms with Crippen molar-refractivity contribution in [1.82, 2.24) is 29.4 Å². The highest BCUT2D eigenvalue weighted by molar-refractivity contribution is 5.69. The van der Waals surface area contributed by atoms with Crippen molar-refractivity contribution in [2.24, 2.45) is 5.92 Å². The van der Waals surface area contributed by atoms with E-state index in [1.165, 1.54) is 6.42 Å². The van der Waals surface area contributed by atoms with Gasteiger partial charge < -0.3 is 19.3 Å². The molecule has 0 spiro atoms. The van der Waals surface area contributed by atoms with E-state index < -0.39 is 5.60 Å². The molecule has 1 saturated carbocycles. The highest BCUT2D eigenvalue weighted by Crippen LogP contribution is 2.31. The number of amides is 1. The summed E-state index contributed by atoms with van der Waals surface area (Å²) in [5, 5.41) is 8.53. The second-order valence-electron chi connectivity index (χ2n) is 12.1. The number of hydrogen-bond donors (Lipinski definition) is 0. The van der Waals surface area contributed by atoms with Gasteiger partial charge in [0.15, 0.2) is 0 Å². The highest BCUT2D eigenvalue weighted by Gasteiger charge is 2.34. The first-order valence-electron chi connectivity index (χ1n) is 14.5. The van der Waals surface area contributed by atoms with Crippen LogP contribution in [0.4, 0.5) is 10.5 Å². The van der Waals surface area contributed by atoms with Crippen molar-refractivity contribution in [2.75, 3.05) is 31.6 Å². The van der Waals surface area contributed by atoms with E-state index in [9.17, 15) is 9.59 Å². The van der Waals surface area contributed by atoms with Gasteiger partial charge in [-0.15, -0.1) is 5.10 Å². The maximum absolute atomic E-state index is 13.3. The van der Waals surface area contributed by atoms with Gasteiger partial charge in [-0.25, -0.2) is 9.48 Å². The van der Waals surface area contributed by atoms with Gasteiger partial charge in [-0.05, 0) is 71.4 Å². The molecule has 11 nitrogen and oxygen atoms in total. The van der Waals surface area contributed by atoms with Gasteiger partial charge in [0, 0.05) is 49.3 Å². The van der Waals surface area contributed by atoms with Gasteiger partial charge >= 0.3 is 6.09 Å². The van der Waals surface area contributed by atoms with Crippen LogP contribution in [0, 0.1) is 5.92 Å². The molecule has 0 radical (unpaired) electrons. The number of anilines is 1. The molecular weight excluding hydrogens is 522 g/mol. The zero-order valence-electron chi connectivity index (χ0n) is 24.7. The predicted octanol–water partition coefficient (Wildman–Crippen LogP) is 4.58. The number of carbonyl (C=O) groups is 1. The first-order chi connectivity index (χ1) is 19.6. The Kier molecular flexibility index (Phi) is 8.32. The number of hydrogen-bond acceptors (Lipinski definition) is 8. The Bertz CT molecular complexity index is 1410. The molecule has 3 aromatic rings. The number of rotatable bonds is 8. The van der Waals surface area contributed by atoms with E-state index in [0.29, 0.717) is 23.9 Å². The van der Waals surface area contributed by atoms with Crippen molar-refractivity contribution in [3.05, 3.63) is 53.3 Å². The average molecular weight is 564 g/mol. The lowest BCUT2D eigenvalue weighted by Crippen LogP contribution is -2.53. The first kappa shape index (κ1) is 28.6. The highest BCUT2D eigenvalue weighted by atomic mass is 16.6. The molecule has 2 atom stereocenters. The van der Waals surface area contributed by atoms with Gasteiger partial charge in [0.2, 0.25) is 0 Å². The predicted molar refractivity (Wildman–Crippen MR) is 156 cm³/mol. The number of carbonyl (C=O) groups excluding carboxylic acids is 1. The molecular formula is C30H41N7O4. The van der Waals surface area contributed by atoms with E-state index in [1.54, 1.807) is 47.2 Å². The minimum atomic E-state index is -0.541. The van der Waals surface area contributed by atoms with Crippen molar-refractivity contribution in [3.63, 3.8) is 0 Å². The van der Waals surface area contributed by atoms with Crippen LogP contribution >= 0.6 is 0 Å². The van der Waals surface area contributed by atoms with Crippen molar-refractivity contribution in [3.8, 4) is 17.0 Å². The molecule has 0 bridgehead atoms. The van der Waals surface area contributed by atoms with Crippen molar-refractivity contribution >= 4 is 11.8 Å². The molecule has 41 heavy (non-hydrogen) atoms. The standard InChI is InChI=1S/C30H41N7O4/c1-21(37-20-27(32-33-37)23-14-26(40-5)17-31-16-23)35-13-11-24(15-28(35)38)34-12-7-10-25(19-34)36(18-22-8-6-9-22)29(39)41-30(2,3)4/h11,13-17,20-22,25H,6-10,12,18-19H2,1-5H3/t21?,25-/m1/s1. The minimum Gasteiger partial charge on any atom is -0.495 e. The van der Waals surface area contributed by atoms with E-state index >= 15 is 0 Å². The summed E-state index contributed by atoms with van der Waals surface area (Å²) in [6.45, 7) is 9.87. The molecule has 4 heterocycles. The van der Waals surface area contributed by atoms with Crippen LogP contribution in [-0.4, -0.2) is 73.9 Å². The molecule has 3 aromatic heterocycles. The first-order valence-corrected chi connectivity index (χ1v) is 14.5. The second kappa shape index (κ2) is 11.9. The molecule has 220 valence electrons. The van der Waals surface area contributed by atoms with Crippen molar-refractivity contribution < 1.29 is 14.3 Å². The molecule has 1 amide bonds. The summed E-state index contributed by atoms with van der Waals surface area (Å²) in [5.41, 5.74) is 1.61. The molecule has 2 aliphatic rings. The fraction of sp³-hybridized carbons (Fsp3) is 0.567. The quantitative estimate of drug-likeness (QED) is 0.392. The number of ether oxygens (including phenoxy) is 2.